The molecule has 0 unspecified atom stereocenters. The summed E-state index contributed by atoms with van der Waals surface area (Å²) < 4.78 is 20.5. The normalized spacial score (nSPS) is 16.9. The average molecular weight is 523 g/mol. The summed E-state index contributed by atoms with van der Waals surface area (Å²) in [7, 11) is 0. The number of anilines is 2. The summed E-state index contributed by atoms with van der Waals surface area (Å²) in [5.41, 5.74) is 0.430. The van der Waals surface area contributed by atoms with Crippen LogP contribution in [0, 0.1) is 11.7 Å². The molecule has 2 aliphatic rings. The standard InChI is InChI=1S/C24H28ClFN4O4S/c1-2-29(13-15-3-4-15)19(12-27-24(33)20-7-8-21(25)35-20)23(32)28-16-5-6-18(17(26)11-16)30-9-10-34-14-22(30)31/h5-8,11,15,19H,2-4,9-10,12-14H2,1H3,(H,27,33)(H,28,32)/t19-/m0/s1. The van der Waals surface area contributed by atoms with Crippen LogP contribution in [0.15, 0.2) is 30.3 Å². The highest BCUT2D eigenvalue weighted by molar-refractivity contribution is 7.18. The quantitative estimate of drug-likeness (QED) is 0.499. The van der Waals surface area contributed by atoms with E-state index in [1.807, 2.05) is 11.8 Å². The van der Waals surface area contributed by atoms with Gasteiger partial charge in [0.1, 0.15) is 18.5 Å². The van der Waals surface area contributed by atoms with Crippen LogP contribution < -0.4 is 15.5 Å². The van der Waals surface area contributed by atoms with E-state index in [0.717, 1.165) is 19.4 Å². The van der Waals surface area contributed by atoms with E-state index in [-0.39, 0.29) is 48.8 Å². The van der Waals surface area contributed by atoms with Gasteiger partial charge in [-0.1, -0.05) is 18.5 Å². The number of hydrogen-bond acceptors (Lipinski definition) is 6. The second kappa shape index (κ2) is 11.5. The number of ether oxygens (including phenoxy) is 1. The van der Waals surface area contributed by atoms with E-state index in [0.29, 0.717) is 28.3 Å². The van der Waals surface area contributed by atoms with Gasteiger partial charge in [-0.05, 0) is 55.6 Å². The SMILES string of the molecule is CCN(CC1CC1)[C@@H](CNC(=O)c1ccc(Cl)s1)C(=O)Nc1ccc(N2CCOCC2=O)c(F)c1. The zero-order valence-corrected chi connectivity index (χ0v) is 21.0. The lowest BCUT2D eigenvalue weighted by atomic mass is 10.1. The van der Waals surface area contributed by atoms with Gasteiger partial charge in [0.05, 0.1) is 21.5 Å². The number of thiophene rings is 1. The van der Waals surface area contributed by atoms with Gasteiger partial charge in [0.15, 0.2) is 0 Å². The minimum atomic E-state index is -0.636. The fourth-order valence-corrected chi connectivity index (χ4v) is 4.97. The van der Waals surface area contributed by atoms with Crippen molar-refractivity contribution in [3.05, 3.63) is 45.4 Å². The first-order chi connectivity index (χ1) is 16.9. The molecule has 35 heavy (non-hydrogen) atoms. The van der Waals surface area contributed by atoms with Crippen molar-refractivity contribution in [1.82, 2.24) is 10.2 Å². The molecule has 1 saturated carbocycles. The first kappa shape index (κ1) is 25.6. The maximum Gasteiger partial charge on any atom is 0.261 e. The lowest BCUT2D eigenvalue weighted by Crippen LogP contribution is -2.51. The first-order valence-electron chi connectivity index (χ1n) is 11.6. The predicted octanol–water partition coefficient (Wildman–Crippen LogP) is 3.37. The Balaban J connectivity index is 1.46. The number of benzene rings is 1. The van der Waals surface area contributed by atoms with Crippen LogP contribution in [0.4, 0.5) is 15.8 Å². The van der Waals surface area contributed by atoms with Crippen LogP contribution in [0.5, 0.6) is 0 Å². The van der Waals surface area contributed by atoms with Gasteiger partial charge >= 0.3 is 0 Å². The number of halogens is 2. The number of rotatable bonds is 10. The van der Waals surface area contributed by atoms with Crippen LogP contribution in [0.1, 0.15) is 29.4 Å². The smallest absolute Gasteiger partial charge is 0.261 e. The van der Waals surface area contributed by atoms with Gasteiger partial charge in [-0.15, -0.1) is 11.3 Å². The summed E-state index contributed by atoms with van der Waals surface area (Å²) >= 11 is 7.10. The Morgan fingerprint density at radius 2 is 2.11 bits per heavy atom. The number of likely N-dealkylation sites (N-methyl/N-ethyl adjacent to an activating group) is 1. The molecule has 1 aliphatic heterocycles. The van der Waals surface area contributed by atoms with Crippen molar-refractivity contribution in [3.8, 4) is 0 Å². The van der Waals surface area contributed by atoms with E-state index in [1.165, 1.54) is 28.4 Å². The minimum Gasteiger partial charge on any atom is -0.370 e. The number of amides is 3. The molecule has 1 aromatic heterocycles. The van der Waals surface area contributed by atoms with Crippen LogP contribution in [-0.4, -0.2) is 68.1 Å². The summed E-state index contributed by atoms with van der Waals surface area (Å²) in [6.45, 7) is 3.97. The highest BCUT2D eigenvalue weighted by Gasteiger charge is 2.32. The Morgan fingerprint density at radius 1 is 1.31 bits per heavy atom. The molecule has 0 radical (unpaired) electrons. The van der Waals surface area contributed by atoms with E-state index < -0.39 is 11.9 Å². The molecule has 1 saturated heterocycles. The molecule has 1 aromatic carbocycles. The van der Waals surface area contributed by atoms with E-state index in [4.69, 9.17) is 16.3 Å². The molecule has 2 N–H and O–H groups in total. The molecule has 11 heteroatoms. The molecule has 0 bridgehead atoms. The van der Waals surface area contributed by atoms with Crippen molar-refractivity contribution in [2.24, 2.45) is 5.92 Å². The molecule has 0 spiro atoms. The third-order valence-electron chi connectivity index (χ3n) is 6.08. The molecule has 8 nitrogen and oxygen atoms in total. The highest BCUT2D eigenvalue weighted by atomic mass is 35.5. The predicted molar refractivity (Wildman–Crippen MR) is 134 cm³/mol. The topological polar surface area (TPSA) is 91.0 Å². The molecule has 1 atom stereocenters. The molecule has 188 valence electrons. The summed E-state index contributed by atoms with van der Waals surface area (Å²) in [6, 6.07) is 6.91. The van der Waals surface area contributed by atoms with Gasteiger partial charge < -0.3 is 20.3 Å². The summed E-state index contributed by atoms with van der Waals surface area (Å²) in [5, 5.41) is 5.62. The summed E-state index contributed by atoms with van der Waals surface area (Å²) in [4.78, 5) is 41.7. The number of morpholine rings is 1. The Hall–Kier alpha value is -2.53. The van der Waals surface area contributed by atoms with E-state index >= 15 is 0 Å². The van der Waals surface area contributed by atoms with Crippen molar-refractivity contribution < 1.29 is 23.5 Å². The van der Waals surface area contributed by atoms with Gasteiger partial charge in [0, 0.05) is 25.3 Å². The lowest BCUT2D eigenvalue weighted by Gasteiger charge is -2.30. The average Bonchev–Trinajstić information content (AvgIpc) is 3.55. The highest BCUT2D eigenvalue weighted by Crippen LogP contribution is 2.30. The monoisotopic (exact) mass is 522 g/mol. The van der Waals surface area contributed by atoms with Crippen LogP contribution >= 0.6 is 22.9 Å². The minimum absolute atomic E-state index is 0.0865. The fraction of sp³-hybridized carbons (Fsp3) is 0.458. The van der Waals surface area contributed by atoms with Crippen LogP contribution in [0.3, 0.4) is 0 Å². The largest absolute Gasteiger partial charge is 0.370 e. The van der Waals surface area contributed by atoms with Gasteiger partial charge in [0.2, 0.25) is 5.91 Å². The van der Waals surface area contributed by atoms with Crippen molar-refractivity contribution in [2.75, 3.05) is 49.6 Å². The number of carbonyl (C=O) groups excluding carboxylic acids is 3. The fourth-order valence-electron chi connectivity index (χ4n) is 4.01. The van der Waals surface area contributed by atoms with E-state index in [2.05, 4.69) is 10.6 Å². The van der Waals surface area contributed by atoms with Gasteiger partial charge in [0.25, 0.3) is 11.8 Å². The van der Waals surface area contributed by atoms with Crippen molar-refractivity contribution in [1.29, 1.82) is 0 Å². The molecule has 1 aliphatic carbocycles. The van der Waals surface area contributed by atoms with Crippen LogP contribution in [-0.2, 0) is 14.3 Å². The van der Waals surface area contributed by atoms with E-state index in [1.54, 1.807) is 18.2 Å². The molecular formula is C24H28ClFN4O4S. The van der Waals surface area contributed by atoms with Gasteiger partial charge in [-0.25, -0.2) is 4.39 Å². The van der Waals surface area contributed by atoms with Gasteiger partial charge in [-0.2, -0.15) is 0 Å². The summed E-state index contributed by atoms with van der Waals surface area (Å²) in [6.07, 6.45) is 2.25. The van der Waals surface area contributed by atoms with Crippen LogP contribution in [0.2, 0.25) is 4.34 Å². The number of nitrogens with zero attached hydrogens (tertiary/aromatic N) is 2. The molecule has 2 aromatic rings. The Labute approximate surface area is 212 Å². The second-order valence-corrected chi connectivity index (χ2v) is 10.3. The molecule has 4 rings (SSSR count). The summed E-state index contributed by atoms with van der Waals surface area (Å²) in [5.74, 6) is -1.02. The van der Waals surface area contributed by atoms with Crippen molar-refractivity contribution in [2.45, 2.75) is 25.8 Å². The molecule has 2 heterocycles. The Kier molecular flexibility index (Phi) is 8.38. The molecule has 3 amide bonds. The number of carbonyl (C=O) groups is 3. The number of hydrogen-bond donors (Lipinski definition) is 2. The Bertz CT molecular complexity index is 1090. The zero-order valence-electron chi connectivity index (χ0n) is 19.4. The lowest BCUT2D eigenvalue weighted by molar-refractivity contribution is -0.125. The van der Waals surface area contributed by atoms with Crippen molar-refractivity contribution in [3.63, 3.8) is 0 Å². The maximum absolute atomic E-state index is 14.8. The molecule has 2 fully saturated rings. The maximum atomic E-state index is 14.8. The van der Waals surface area contributed by atoms with Gasteiger partial charge in [-0.3, -0.25) is 19.3 Å². The number of nitrogens with one attached hydrogen (secondary N) is 2. The van der Waals surface area contributed by atoms with Crippen molar-refractivity contribution >= 4 is 52.0 Å². The zero-order chi connectivity index (χ0) is 24.9. The second-order valence-electron chi connectivity index (χ2n) is 8.61. The van der Waals surface area contributed by atoms with E-state index in [9.17, 15) is 18.8 Å². The first-order valence-corrected chi connectivity index (χ1v) is 12.8. The Morgan fingerprint density at radius 3 is 2.74 bits per heavy atom. The third-order valence-corrected chi connectivity index (χ3v) is 7.31. The van der Waals surface area contributed by atoms with Crippen LogP contribution in [0.25, 0.3) is 0 Å². The molecular weight excluding hydrogens is 495 g/mol. The third kappa shape index (κ3) is 6.58.